The highest BCUT2D eigenvalue weighted by atomic mass is 79.9. The van der Waals surface area contributed by atoms with Crippen molar-refractivity contribution in [1.82, 2.24) is 19.6 Å². The van der Waals surface area contributed by atoms with Crippen molar-refractivity contribution in [3.05, 3.63) is 46.1 Å². The number of hydrogen-bond acceptors (Lipinski definition) is 11. The molecule has 2 aromatic heterocycles. The lowest BCUT2D eigenvalue weighted by atomic mass is 10.0. The molecule has 2 aliphatic heterocycles. The summed E-state index contributed by atoms with van der Waals surface area (Å²) in [6.45, 7) is 0.276. The Labute approximate surface area is 203 Å². The third kappa shape index (κ3) is 4.56. The molecule has 0 radical (unpaired) electrons. The number of nitrogens with one attached hydrogen (secondary N) is 1. The van der Waals surface area contributed by atoms with Gasteiger partial charge in [-0.1, -0.05) is 21.1 Å². The lowest BCUT2D eigenvalue weighted by molar-refractivity contribution is -0.689. The van der Waals surface area contributed by atoms with Gasteiger partial charge in [-0.2, -0.15) is 9.36 Å². The number of nitrogen functional groups attached to an aromatic ring is 1. The molecule has 0 aromatic carbocycles. The number of carboxylic acids is 1. The number of aliphatic carboxylic acids is 1. The number of rotatable bonds is 7. The standard InChI is InChI=1S/C18H16BrN7O5S2/c1-31-23-10(13-22-18(20)33-24-13)14(27)21-11-15(28)26-12(17(29)30)8(7-32-16(11)26)6-25-4-2-9(19)3-5-25/h2-5,11,16H,6-7H2,1H3,(H3-,20,21,22,24,27,29,30)/b23-10-/t11-,16-/m1/s1. The SMILES string of the molecule is CO/N=C(\C(=O)N[C@@H]1C(=O)N2C(C(=O)[O-])=C(C[n+]3ccc(Br)cc3)CS[C@H]12)c1nsc(N)n1. The molecule has 3 N–H and O–H groups in total. The number of carbonyl (C=O) groups is 3. The molecule has 2 atom stereocenters. The van der Waals surface area contributed by atoms with Crippen LogP contribution in [0.3, 0.4) is 0 Å². The van der Waals surface area contributed by atoms with Crippen LogP contribution in [-0.2, 0) is 25.8 Å². The van der Waals surface area contributed by atoms with Crippen LogP contribution < -0.4 is 20.7 Å². The zero-order chi connectivity index (χ0) is 23.7. The van der Waals surface area contributed by atoms with E-state index in [2.05, 4.69) is 35.8 Å². The predicted octanol–water partition coefficient (Wildman–Crippen LogP) is -1.38. The molecule has 0 spiro atoms. The molecular weight excluding hydrogens is 538 g/mol. The Hall–Kier alpha value is -3.04. The summed E-state index contributed by atoms with van der Waals surface area (Å²) in [5.74, 6) is -2.46. The number of anilines is 1. The molecule has 2 amide bonds. The minimum atomic E-state index is -1.45. The number of nitrogens with two attached hydrogens (primary N) is 1. The van der Waals surface area contributed by atoms with E-state index >= 15 is 0 Å². The van der Waals surface area contributed by atoms with Crippen molar-refractivity contribution in [1.29, 1.82) is 0 Å². The summed E-state index contributed by atoms with van der Waals surface area (Å²) in [5, 5.41) is 17.6. The quantitative estimate of drug-likeness (QED) is 0.182. The maximum atomic E-state index is 12.8. The molecule has 2 aliphatic rings. The molecule has 4 rings (SSSR count). The topological polar surface area (TPSA) is 167 Å². The fraction of sp³-hybridized carbons (Fsp3) is 0.278. The highest BCUT2D eigenvalue weighted by Crippen LogP contribution is 2.40. The van der Waals surface area contributed by atoms with Crippen LogP contribution in [0.25, 0.3) is 0 Å². The van der Waals surface area contributed by atoms with Gasteiger partial charge >= 0.3 is 0 Å². The second-order valence-electron chi connectivity index (χ2n) is 6.87. The van der Waals surface area contributed by atoms with E-state index in [0.29, 0.717) is 11.3 Å². The number of oxime groups is 1. The summed E-state index contributed by atoms with van der Waals surface area (Å²) in [6.07, 6.45) is 3.58. The minimum Gasteiger partial charge on any atom is -0.543 e. The molecule has 0 bridgehead atoms. The van der Waals surface area contributed by atoms with Gasteiger partial charge in [-0.3, -0.25) is 14.5 Å². The highest BCUT2D eigenvalue weighted by Gasteiger charge is 2.53. The first kappa shape index (κ1) is 23.1. The number of amides is 2. The fourth-order valence-electron chi connectivity index (χ4n) is 3.37. The summed E-state index contributed by atoms with van der Waals surface area (Å²) in [6, 6.07) is 2.68. The van der Waals surface area contributed by atoms with Gasteiger partial charge in [0.25, 0.3) is 11.8 Å². The van der Waals surface area contributed by atoms with Crippen molar-refractivity contribution >= 4 is 67.9 Å². The fourth-order valence-corrected chi connectivity index (χ4v) is 5.38. The van der Waals surface area contributed by atoms with Crippen LogP contribution in [-0.4, -0.2) is 62.0 Å². The number of β-lactam (4-membered cyclic amide) rings is 1. The summed E-state index contributed by atoms with van der Waals surface area (Å²) in [4.78, 5) is 47.3. The van der Waals surface area contributed by atoms with Crippen molar-refractivity contribution in [2.75, 3.05) is 18.6 Å². The van der Waals surface area contributed by atoms with Crippen molar-refractivity contribution in [2.45, 2.75) is 18.0 Å². The van der Waals surface area contributed by atoms with Gasteiger partial charge in [-0.25, -0.2) is 4.57 Å². The Morgan fingerprint density at radius 3 is 2.79 bits per heavy atom. The second-order valence-corrected chi connectivity index (χ2v) is 9.67. The lowest BCUT2D eigenvalue weighted by Gasteiger charge is -2.50. The van der Waals surface area contributed by atoms with E-state index in [1.165, 1.54) is 18.9 Å². The van der Waals surface area contributed by atoms with E-state index in [9.17, 15) is 19.5 Å². The summed E-state index contributed by atoms with van der Waals surface area (Å²) in [7, 11) is 1.25. The van der Waals surface area contributed by atoms with Gasteiger partial charge in [0.1, 0.15) is 18.5 Å². The number of carboxylic acid groups (broad SMARTS) is 1. The van der Waals surface area contributed by atoms with Crippen LogP contribution >= 0.6 is 39.2 Å². The first-order valence-electron chi connectivity index (χ1n) is 9.34. The largest absolute Gasteiger partial charge is 0.543 e. The number of carbonyl (C=O) groups excluding carboxylic acids is 3. The molecule has 0 aliphatic carbocycles. The Morgan fingerprint density at radius 1 is 1.45 bits per heavy atom. The van der Waals surface area contributed by atoms with Crippen LogP contribution in [0, 0.1) is 0 Å². The van der Waals surface area contributed by atoms with E-state index in [0.717, 1.165) is 20.9 Å². The first-order chi connectivity index (χ1) is 15.8. The van der Waals surface area contributed by atoms with Crippen LogP contribution in [0.5, 0.6) is 0 Å². The van der Waals surface area contributed by atoms with Gasteiger partial charge in [0.05, 0.1) is 11.7 Å². The maximum absolute atomic E-state index is 12.8. The van der Waals surface area contributed by atoms with Crippen molar-refractivity contribution < 1.29 is 28.9 Å². The Morgan fingerprint density at radius 2 is 2.18 bits per heavy atom. The van der Waals surface area contributed by atoms with Crippen LogP contribution in [0.1, 0.15) is 5.82 Å². The Bertz CT molecular complexity index is 1180. The molecule has 4 heterocycles. The number of thioether (sulfide) groups is 1. The number of aromatic nitrogens is 3. The second kappa shape index (κ2) is 9.44. The lowest BCUT2D eigenvalue weighted by Crippen LogP contribution is -2.71. The monoisotopic (exact) mass is 553 g/mol. The summed E-state index contributed by atoms with van der Waals surface area (Å²) < 4.78 is 6.62. The molecule has 2 aromatic rings. The van der Waals surface area contributed by atoms with Gasteiger partial charge in [0.2, 0.25) is 11.5 Å². The third-order valence-corrected chi connectivity index (χ3v) is 7.21. The number of nitrogens with zero attached hydrogens (tertiary/aromatic N) is 5. The number of pyridine rings is 1. The number of fused-ring (bicyclic) bond motifs is 1. The Balaban J connectivity index is 1.53. The molecule has 1 fully saturated rings. The van der Waals surface area contributed by atoms with E-state index < -0.39 is 29.2 Å². The van der Waals surface area contributed by atoms with Crippen LogP contribution in [0.2, 0.25) is 0 Å². The van der Waals surface area contributed by atoms with E-state index in [1.807, 2.05) is 12.1 Å². The van der Waals surface area contributed by atoms with Crippen molar-refractivity contribution in [3.8, 4) is 0 Å². The molecule has 0 saturated carbocycles. The predicted molar refractivity (Wildman–Crippen MR) is 119 cm³/mol. The molecule has 0 unspecified atom stereocenters. The molecule has 172 valence electrons. The number of halogens is 1. The first-order valence-corrected chi connectivity index (χ1v) is 12.0. The molecule has 33 heavy (non-hydrogen) atoms. The van der Waals surface area contributed by atoms with Gasteiger partial charge in [-0.15, -0.1) is 11.8 Å². The van der Waals surface area contributed by atoms with Crippen molar-refractivity contribution in [3.63, 3.8) is 0 Å². The summed E-state index contributed by atoms with van der Waals surface area (Å²) >= 11 is 5.57. The zero-order valence-corrected chi connectivity index (χ0v) is 20.1. The molecular formula is C18H16BrN7O5S2. The van der Waals surface area contributed by atoms with Crippen molar-refractivity contribution in [2.24, 2.45) is 5.16 Å². The van der Waals surface area contributed by atoms with Crippen LogP contribution in [0.4, 0.5) is 5.13 Å². The Kier molecular flexibility index (Phi) is 6.62. The number of hydrogen-bond donors (Lipinski definition) is 2. The average Bonchev–Trinajstić information content (AvgIpc) is 3.22. The van der Waals surface area contributed by atoms with E-state index in [1.54, 1.807) is 17.0 Å². The molecule has 12 nitrogen and oxygen atoms in total. The maximum Gasteiger partial charge on any atom is 0.278 e. The van der Waals surface area contributed by atoms with E-state index in [-0.39, 0.29) is 28.9 Å². The molecule has 1 saturated heterocycles. The van der Waals surface area contributed by atoms with Gasteiger partial charge in [-0.05, 0) is 0 Å². The third-order valence-electron chi connectivity index (χ3n) is 4.80. The van der Waals surface area contributed by atoms with E-state index in [4.69, 9.17) is 10.6 Å². The van der Waals surface area contributed by atoms with Gasteiger partial charge in [0.15, 0.2) is 24.1 Å². The van der Waals surface area contributed by atoms with Gasteiger partial charge < -0.3 is 25.8 Å². The average molecular weight is 554 g/mol. The highest BCUT2D eigenvalue weighted by molar-refractivity contribution is 9.10. The van der Waals surface area contributed by atoms with Crippen LogP contribution in [0.15, 0.2) is 45.4 Å². The molecule has 15 heteroatoms. The zero-order valence-electron chi connectivity index (χ0n) is 16.9. The smallest absolute Gasteiger partial charge is 0.278 e. The minimum absolute atomic E-state index is 0.0408. The summed E-state index contributed by atoms with van der Waals surface area (Å²) in [5.41, 5.74) is 5.67. The van der Waals surface area contributed by atoms with Gasteiger partial charge in [0, 0.05) is 39.5 Å². The normalized spacial score (nSPS) is 20.2.